The topological polar surface area (TPSA) is 124 Å². The Kier molecular flexibility index (Phi) is 6.54. The van der Waals surface area contributed by atoms with E-state index in [0.29, 0.717) is 29.4 Å². The molecular formula is C24H25N6O3S2. The quantitative estimate of drug-likeness (QED) is 0.379. The number of hydrogen-bond acceptors (Lipinski definition) is 7. The Labute approximate surface area is 207 Å². The van der Waals surface area contributed by atoms with Gasteiger partial charge in [0.2, 0.25) is 21.6 Å². The van der Waals surface area contributed by atoms with Crippen LogP contribution < -0.4 is 5.32 Å². The van der Waals surface area contributed by atoms with Crippen LogP contribution in [0.2, 0.25) is 0 Å². The maximum atomic E-state index is 12.8. The lowest BCUT2D eigenvalue weighted by atomic mass is 10.0. The van der Waals surface area contributed by atoms with Crippen molar-refractivity contribution < 1.29 is 13.5 Å². The van der Waals surface area contributed by atoms with Gasteiger partial charge < -0.3 is 5.32 Å². The SMILES string of the molecule is Cc1c(-c2cccc(NC3CCN(S(=O)(=O)Cc4ccccc4)CC3)c2)sc(-c2nn[nH]n2)c1[O]. The van der Waals surface area contributed by atoms with E-state index in [9.17, 15) is 13.5 Å². The molecule has 2 aromatic heterocycles. The number of piperidine rings is 1. The predicted octanol–water partition coefficient (Wildman–Crippen LogP) is 4.45. The van der Waals surface area contributed by atoms with Crippen molar-refractivity contribution in [3.63, 3.8) is 0 Å². The average Bonchev–Trinajstić information content (AvgIpc) is 3.49. The van der Waals surface area contributed by atoms with Crippen molar-refractivity contribution in [2.45, 2.75) is 31.6 Å². The van der Waals surface area contributed by atoms with Gasteiger partial charge in [-0.05, 0) is 48.2 Å². The van der Waals surface area contributed by atoms with Gasteiger partial charge in [-0.2, -0.15) is 5.21 Å². The number of hydrogen-bond donors (Lipinski definition) is 2. The van der Waals surface area contributed by atoms with Gasteiger partial charge in [0.05, 0.1) is 5.75 Å². The largest absolute Gasteiger partial charge is 0.382 e. The molecule has 0 amide bonds. The minimum absolute atomic E-state index is 0.0295. The molecule has 9 nitrogen and oxygen atoms in total. The Morgan fingerprint density at radius 2 is 1.86 bits per heavy atom. The summed E-state index contributed by atoms with van der Waals surface area (Å²) in [6, 6.07) is 17.4. The fraction of sp³-hybridized carbons (Fsp3) is 0.292. The van der Waals surface area contributed by atoms with Crippen LogP contribution in [0.1, 0.15) is 24.0 Å². The molecule has 0 bridgehead atoms. The second kappa shape index (κ2) is 9.76. The Morgan fingerprint density at radius 1 is 1.09 bits per heavy atom. The van der Waals surface area contributed by atoms with Crippen molar-refractivity contribution in [1.82, 2.24) is 24.9 Å². The number of nitrogens with zero attached hydrogens (tertiary/aromatic N) is 4. The molecule has 1 radical (unpaired) electrons. The van der Waals surface area contributed by atoms with Crippen LogP contribution in [0.3, 0.4) is 0 Å². The Morgan fingerprint density at radius 3 is 2.57 bits per heavy atom. The fourth-order valence-electron chi connectivity index (χ4n) is 4.32. The monoisotopic (exact) mass is 509 g/mol. The average molecular weight is 510 g/mol. The second-order valence-electron chi connectivity index (χ2n) is 8.59. The summed E-state index contributed by atoms with van der Waals surface area (Å²) in [7, 11) is -3.34. The van der Waals surface area contributed by atoms with Gasteiger partial charge in [-0.15, -0.1) is 21.5 Å². The van der Waals surface area contributed by atoms with Crippen LogP contribution in [0.5, 0.6) is 5.75 Å². The second-order valence-corrected chi connectivity index (χ2v) is 11.6. The first-order chi connectivity index (χ1) is 16.9. The molecular weight excluding hydrogens is 484 g/mol. The number of benzene rings is 2. The maximum Gasteiger partial charge on any atom is 0.218 e. The van der Waals surface area contributed by atoms with Crippen molar-refractivity contribution in [3.8, 4) is 26.9 Å². The molecule has 181 valence electrons. The summed E-state index contributed by atoms with van der Waals surface area (Å²) in [5.41, 5.74) is 3.34. The van der Waals surface area contributed by atoms with Crippen LogP contribution in [-0.2, 0) is 20.9 Å². The smallest absolute Gasteiger partial charge is 0.218 e. The van der Waals surface area contributed by atoms with Crippen LogP contribution in [0.15, 0.2) is 54.6 Å². The number of H-pyrrole nitrogens is 1. The standard InChI is InChI=1S/C24H25N6O3S2/c1-16-21(31)23(24-26-28-29-27-24)34-22(16)18-8-5-9-20(14-18)25-19-10-12-30(13-11-19)35(32,33)15-17-6-3-2-4-7-17/h2-9,14,19,25H,10-13,15H2,1H3,(H,26,27,28,29). The molecule has 0 saturated carbocycles. The number of sulfonamides is 1. The van der Waals surface area contributed by atoms with E-state index in [1.165, 1.54) is 11.3 Å². The molecule has 1 aliphatic rings. The molecule has 0 spiro atoms. The molecule has 0 atom stereocenters. The number of anilines is 1. The van der Waals surface area contributed by atoms with E-state index in [1.807, 2.05) is 61.5 Å². The summed E-state index contributed by atoms with van der Waals surface area (Å²) < 4.78 is 27.3. The summed E-state index contributed by atoms with van der Waals surface area (Å²) >= 11 is 1.36. The normalized spacial score (nSPS) is 15.3. The van der Waals surface area contributed by atoms with Gasteiger partial charge >= 0.3 is 0 Å². The number of aromatic nitrogens is 4. The molecule has 2 N–H and O–H groups in total. The first-order valence-corrected chi connectivity index (χ1v) is 13.8. The molecule has 3 heterocycles. The van der Waals surface area contributed by atoms with Crippen LogP contribution in [0.4, 0.5) is 5.69 Å². The molecule has 35 heavy (non-hydrogen) atoms. The van der Waals surface area contributed by atoms with E-state index in [-0.39, 0.29) is 17.5 Å². The van der Waals surface area contributed by atoms with Crippen LogP contribution in [0, 0.1) is 6.92 Å². The van der Waals surface area contributed by atoms with E-state index < -0.39 is 10.0 Å². The minimum Gasteiger partial charge on any atom is -0.382 e. The van der Waals surface area contributed by atoms with Crippen LogP contribution in [-0.4, -0.2) is 52.5 Å². The molecule has 1 fully saturated rings. The molecule has 11 heteroatoms. The lowest BCUT2D eigenvalue weighted by Gasteiger charge is -2.32. The van der Waals surface area contributed by atoms with Crippen molar-refractivity contribution >= 4 is 27.0 Å². The number of thiophene rings is 1. The lowest BCUT2D eigenvalue weighted by molar-refractivity contribution is 0.329. The molecule has 4 aromatic rings. The number of nitrogens with one attached hydrogen (secondary N) is 2. The summed E-state index contributed by atoms with van der Waals surface area (Å²) in [5.74, 6) is 0.244. The molecule has 0 unspecified atom stereocenters. The van der Waals surface area contributed by atoms with Gasteiger partial charge in [0.15, 0.2) is 0 Å². The Bertz CT molecular complexity index is 1400. The Hall–Kier alpha value is -3.28. The number of rotatable bonds is 7. The van der Waals surface area contributed by atoms with Crippen molar-refractivity contribution in [2.75, 3.05) is 18.4 Å². The van der Waals surface area contributed by atoms with Crippen molar-refractivity contribution in [1.29, 1.82) is 0 Å². The summed E-state index contributed by atoms with van der Waals surface area (Å²) in [4.78, 5) is 1.34. The van der Waals surface area contributed by atoms with Gasteiger partial charge in [-0.25, -0.2) is 12.7 Å². The molecule has 0 aliphatic carbocycles. The van der Waals surface area contributed by atoms with Gasteiger partial charge in [-0.3, -0.25) is 5.11 Å². The van der Waals surface area contributed by atoms with E-state index in [2.05, 4.69) is 25.9 Å². The summed E-state index contributed by atoms with van der Waals surface area (Å²) in [5, 5.41) is 30.1. The first-order valence-electron chi connectivity index (χ1n) is 11.3. The number of aromatic amines is 1. The molecule has 2 aromatic carbocycles. The third-order valence-corrected chi connectivity index (χ3v) is 9.34. The summed E-state index contributed by atoms with van der Waals surface area (Å²) in [6.07, 6.45) is 1.45. The zero-order valence-corrected chi connectivity index (χ0v) is 20.8. The van der Waals surface area contributed by atoms with Gasteiger partial charge in [0, 0.05) is 35.3 Å². The van der Waals surface area contributed by atoms with Crippen molar-refractivity contribution in [3.05, 3.63) is 65.7 Å². The van der Waals surface area contributed by atoms with Gasteiger partial charge in [-0.1, -0.05) is 42.5 Å². The number of tetrazole rings is 1. The van der Waals surface area contributed by atoms with E-state index in [0.717, 1.165) is 34.5 Å². The predicted molar refractivity (Wildman–Crippen MR) is 135 cm³/mol. The van der Waals surface area contributed by atoms with Crippen molar-refractivity contribution in [2.24, 2.45) is 0 Å². The molecule has 1 aliphatic heterocycles. The first kappa shape index (κ1) is 23.5. The van der Waals surface area contributed by atoms with Crippen LogP contribution >= 0.6 is 11.3 Å². The van der Waals surface area contributed by atoms with Crippen LogP contribution in [0.25, 0.3) is 21.1 Å². The zero-order valence-electron chi connectivity index (χ0n) is 19.1. The van der Waals surface area contributed by atoms with Gasteiger partial charge in [0.25, 0.3) is 0 Å². The van der Waals surface area contributed by atoms with E-state index in [4.69, 9.17) is 0 Å². The zero-order chi connectivity index (χ0) is 24.4. The maximum absolute atomic E-state index is 12.8. The highest BCUT2D eigenvalue weighted by Gasteiger charge is 2.28. The molecule has 5 rings (SSSR count). The molecule has 1 saturated heterocycles. The minimum atomic E-state index is -3.34. The highest BCUT2D eigenvalue weighted by atomic mass is 32.2. The summed E-state index contributed by atoms with van der Waals surface area (Å²) in [6.45, 7) is 2.79. The van der Waals surface area contributed by atoms with E-state index in [1.54, 1.807) is 4.31 Å². The highest BCUT2D eigenvalue weighted by Crippen LogP contribution is 2.45. The van der Waals surface area contributed by atoms with E-state index >= 15 is 0 Å². The highest BCUT2D eigenvalue weighted by molar-refractivity contribution is 7.88. The fourth-order valence-corrected chi connectivity index (χ4v) is 7.00. The third kappa shape index (κ3) is 5.07. The third-order valence-electron chi connectivity index (χ3n) is 6.17. The van der Waals surface area contributed by atoms with Gasteiger partial charge in [0.1, 0.15) is 4.88 Å². The lowest BCUT2D eigenvalue weighted by Crippen LogP contribution is -2.42. The Balaban J connectivity index is 1.25.